The summed E-state index contributed by atoms with van der Waals surface area (Å²) in [4.78, 5) is 24.2. The minimum atomic E-state index is -0.271. The summed E-state index contributed by atoms with van der Waals surface area (Å²) in [6.45, 7) is 7.91. The van der Waals surface area contributed by atoms with Gasteiger partial charge in [-0.2, -0.15) is 4.98 Å². The Labute approximate surface area is 203 Å². The van der Waals surface area contributed by atoms with E-state index in [9.17, 15) is 9.18 Å². The highest BCUT2D eigenvalue weighted by molar-refractivity contribution is 5.95. The molecule has 0 saturated carbocycles. The van der Waals surface area contributed by atoms with E-state index in [2.05, 4.69) is 26.6 Å². The van der Waals surface area contributed by atoms with Crippen LogP contribution >= 0.6 is 0 Å². The smallest absolute Gasteiger partial charge is 0.276 e. The van der Waals surface area contributed by atoms with Gasteiger partial charge in [0.1, 0.15) is 11.5 Å². The van der Waals surface area contributed by atoms with E-state index in [4.69, 9.17) is 4.52 Å². The van der Waals surface area contributed by atoms with E-state index < -0.39 is 0 Å². The Kier molecular flexibility index (Phi) is 5.96. The fourth-order valence-corrected chi connectivity index (χ4v) is 4.69. The number of halogens is 1. The number of piperidine rings is 1. The molecule has 1 amide bonds. The summed E-state index contributed by atoms with van der Waals surface area (Å²) >= 11 is 0. The van der Waals surface area contributed by atoms with Gasteiger partial charge < -0.3 is 14.0 Å². The first-order valence-electron chi connectivity index (χ1n) is 11.8. The lowest BCUT2D eigenvalue weighted by Crippen LogP contribution is -2.44. The number of pyridine rings is 1. The molecule has 1 saturated heterocycles. The Morgan fingerprint density at radius 1 is 1.11 bits per heavy atom. The average Bonchev–Trinajstić information content (AvgIpc) is 3.48. The van der Waals surface area contributed by atoms with Crippen LogP contribution in [0.4, 0.5) is 4.39 Å². The van der Waals surface area contributed by atoms with E-state index in [0.717, 1.165) is 29.8 Å². The molecule has 1 aliphatic rings. The van der Waals surface area contributed by atoms with Gasteiger partial charge in [0.2, 0.25) is 0 Å². The number of amides is 1. The number of hydrogen-bond acceptors (Lipinski definition) is 5. The Bertz CT molecular complexity index is 1340. The van der Waals surface area contributed by atoms with Crippen molar-refractivity contribution in [3.05, 3.63) is 88.9 Å². The normalized spacial score (nSPS) is 15.4. The second-order valence-corrected chi connectivity index (χ2v) is 9.49. The van der Waals surface area contributed by atoms with Crippen molar-refractivity contribution in [1.29, 1.82) is 0 Å². The van der Waals surface area contributed by atoms with Crippen LogP contribution in [0.15, 0.2) is 59.3 Å². The Balaban J connectivity index is 1.28. The summed E-state index contributed by atoms with van der Waals surface area (Å²) in [5.74, 6) is 0.848. The zero-order valence-electron chi connectivity index (χ0n) is 20.2. The van der Waals surface area contributed by atoms with Crippen molar-refractivity contribution in [2.24, 2.45) is 0 Å². The minimum Gasteiger partial charge on any atom is -0.344 e. The van der Waals surface area contributed by atoms with E-state index >= 15 is 0 Å². The average molecular weight is 474 g/mol. The van der Waals surface area contributed by atoms with Crippen LogP contribution in [-0.4, -0.2) is 43.6 Å². The summed E-state index contributed by atoms with van der Waals surface area (Å²) in [7, 11) is 0. The highest BCUT2D eigenvalue weighted by Gasteiger charge is 2.38. The van der Waals surface area contributed by atoms with Crippen molar-refractivity contribution in [2.75, 3.05) is 13.1 Å². The number of nitrogens with zero attached hydrogens (tertiary/aromatic N) is 5. The number of carbonyl (C=O) groups is 1. The topological polar surface area (TPSA) is 77.1 Å². The van der Waals surface area contributed by atoms with Crippen LogP contribution in [0.25, 0.3) is 11.6 Å². The maximum atomic E-state index is 13.4. The Morgan fingerprint density at radius 2 is 1.86 bits per heavy atom. The lowest BCUT2D eigenvalue weighted by atomic mass is 9.79. The number of aromatic nitrogens is 4. The van der Waals surface area contributed by atoms with Gasteiger partial charge in [0, 0.05) is 42.6 Å². The molecule has 7 nitrogen and oxygen atoms in total. The summed E-state index contributed by atoms with van der Waals surface area (Å²) in [6, 6.07) is 14.0. The van der Waals surface area contributed by atoms with Crippen LogP contribution in [0.2, 0.25) is 0 Å². The first-order chi connectivity index (χ1) is 16.8. The minimum absolute atomic E-state index is 0.0350. The van der Waals surface area contributed by atoms with Gasteiger partial charge >= 0.3 is 0 Å². The van der Waals surface area contributed by atoms with E-state index in [1.54, 1.807) is 18.3 Å². The van der Waals surface area contributed by atoms with Crippen LogP contribution in [0.1, 0.15) is 52.9 Å². The van der Waals surface area contributed by atoms with Crippen LogP contribution in [0.5, 0.6) is 0 Å². The molecule has 0 spiro atoms. The molecule has 0 bridgehead atoms. The van der Waals surface area contributed by atoms with E-state index in [0.29, 0.717) is 42.6 Å². The molecule has 1 aliphatic heterocycles. The molecule has 8 heteroatoms. The number of rotatable bonds is 5. The number of carbonyl (C=O) groups excluding carboxylic acids is 1. The van der Waals surface area contributed by atoms with Gasteiger partial charge in [-0.05, 0) is 62.6 Å². The SMILES string of the molecule is Cc1cc(C(=O)N2CCC(C)(c3noc(-c4ccccn4)n3)CC2)c(C)n1Cc1ccc(F)cc1. The van der Waals surface area contributed by atoms with E-state index in [1.165, 1.54) is 12.1 Å². The van der Waals surface area contributed by atoms with Crippen LogP contribution in [-0.2, 0) is 12.0 Å². The predicted molar refractivity (Wildman–Crippen MR) is 129 cm³/mol. The van der Waals surface area contributed by atoms with Crippen molar-refractivity contribution in [3.8, 4) is 11.6 Å². The predicted octanol–water partition coefficient (Wildman–Crippen LogP) is 4.93. The summed E-state index contributed by atoms with van der Waals surface area (Å²) in [5, 5.41) is 4.23. The maximum Gasteiger partial charge on any atom is 0.276 e. The molecule has 4 aromatic rings. The highest BCUT2D eigenvalue weighted by Crippen LogP contribution is 2.35. The molecule has 0 N–H and O–H groups in total. The maximum absolute atomic E-state index is 13.4. The molecule has 180 valence electrons. The van der Waals surface area contributed by atoms with Crippen molar-refractivity contribution in [3.63, 3.8) is 0 Å². The summed E-state index contributed by atoms with van der Waals surface area (Å²) in [6.07, 6.45) is 3.18. The molecule has 0 unspecified atom stereocenters. The van der Waals surface area contributed by atoms with Crippen molar-refractivity contribution >= 4 is 5.91 Å². The fourth-order valence-electron chi connectivity index (χ4n) is 4.69. The third-order valence-corrected chi connectivity index (χ3v) is 7.06. The first-order valence-corrected chi connectivity index (χ1v) is 11.8. The van der Waals surface area contributed by atoms with Gasteiger partial charge in [0.25, 0.3) is 11.8 Å². The van der Waals surface area contributed by atoms with Crippen molar-refractivity contribution in [2.45, 2.75) is 45.6 Å². The molecule has 1 aromatic carbocycles. The molecule has 0 aliphatic carbocycles. The largest absolute Gasteiger partial charge is 0.344 e. The molecule has 0 radical (unpaired) electrons. The van der Waals surface area contributed by atoms with Crippen LogP contribution in [0.3, 0.4) is 0 Å². The van der Waals surface area contributed by atoms with Gasteiger partial charge in [-0.1, -0.05) is 30.3 Å². The molecule has 3 aromatic heterocycles. The van der Waals surface area contributed by atoms with Crippen LogP contribution < -0.4 is 0 Å². The third kappa shape index (κ3) is 4.48. The third-order valence-electron chi connectivity index (χ3n) is 7.06. The Hall–Kier alpha value is -3.81. The number of benzene rings is 1. The van der Waals surface area contributed by atoms with Gasteiger partial charge in [0.05, 0.1) is 5.56 Å². The van der Waals surface area contributed by atoms with Gasteiger partial charge in [-0.15, -0.1) is 0 Å². The van der Waals surface area contributed by atoms with E-state index in [1.807, 2.05) is 43.0 Å². The van der Waals surface area contributed by atoms with Crippen LogP contribution in [0, 0.1) is 19.7 Å². The Morgan fingerprint density at radius 3 is 2.54 bits per heavy atom. The second-order valence-electron chi connectivity index (χ2n) is 9.49. The van der Waals surface area contributed by atoms with Crippen molar-refractivity contribution in [1.82, 2.24) is 24.6 Å². The number of aryl methyl sites for hydroxylation is 1. The number of likely N-dealkylation sites (tertiary alicyclic amines) is 1. The fraction of sp³-hybridized carbons (Fsp3) is 0.333. The number of hydrogen-bond donors (Lipinski definition) is 0. The molecule has 4 heterocycles. The summed E-state index contributed by atoms with van der Waals surface area (Å²) in [5.41, 5.74) is 4.01. The molecule has 35 heavy (non-hydrogen) atoms. The lowest BCUT2D eigenvalue weighted by molar-refractivity contribution is 0.0669. The van der Waals surface area contributed by atoms with E-state index in [-0.39, 0.29) is 17.1 Å². The van der Waals surface area contributed by atoms with Gasteiger partial charge in [0.15, 0.2) is 5.82 Å². The monoisotopic (exact) mass is 473 g/mol. The highest BCUT2D eigenvalue weighted by atomic mass is 19.1. The molecule has 0 atom stereocenters. The molecule has 5 rings (SSSR count). The molecule has 1 fully saturated rings. The summed E-state index contributed by atoms with van der Waals surface area (Å²) < 4.78 is 20.8. The molecular weight excluding hydrogens is 445 g/mol. The second kappa shape index (κ2) is 9.09. The first kappa shape index (κ1) is 23.0. The zero-order valence-corrected chi connectivity index (χ0v) is 20.2. The van der Waals surface area contributed by atoms with Gasteiger partial charge in [-0.3, -0.25) is 9.78 Å². The van der Waals surface area contributed by atoms with Crippen molar-refractivity contribution < 1.29 is 13.7 Å². The zero-order chi connectivity index (χ0) is 24.6. The quantitative estimate of drug-likeness (QED) is 0.411. The lowest BCUT2D eigenvalue weighted by Gasteiger charge is -2.37. The van der Waals surface area contributed by atoms with Gasteiger partial charge in [-0.25, -0.2) is 4.39 Å². The standard InChI is InChI=1S/C27H28FN5O2/c1-18-16-22(19(2)33(18)17-20-7-9-21(28)10-8-20)25(34)32-14-11-27(3,12-15-32)26-30-24(35-31-26)23-6-4-5-13-29-23/h4-10,13,16H,11-12,14-15,17H2,1-3H3. The molecular formula is C27H28FN5O2.